The molecule has 0 saturated carbocycles. The van der Waals surface area contributed by atoms with Gasteiger partial charge in [0, 0.05) is 25.3 Å². The van der Waals surface area contributed by atoms with Crippen LogP contribution in [0.15, 0.2) is 18.2 Å². The molecule has 0 aliphatic carbocycles. The van der Waals surface area contributed by atoms with Gasteiger partial charge >= 0.3 is 5.97 Å². The summed E-state index contributed by atoms with van der Waals surface area (Å²) >= 11 is 11.4. The summed E-state index contributed by atoms with van der Waals surface area (Å²) in [5, 5.41) is 7.22. The van der Waals surface area contributed by atoms with Gasteiger partial charge in [0.1, 0.15) is 0 Å². The fraction of sp³-hybridized carbons (Fsp3) is 0.600. The summed E-state index contributed by atoms with van der Waals surface area (Å²) in [6.45, 7) is 11.0. The zero-order valence-electron chi connectivity index (χ0n) is 16.4. The first-order valence-electron chi connectivity index (χ1n) is 9.63. The van der Waals surface area contributed by atoms with E-state index in [1.165, 1.54) is 19.5 Å². The van der Waals surface area contributed by atoms with Crippen LogP contribution in [0.2, 0.25) is 5.02 Å². The van der Waals surface area contributed by atoms with Gasteiger partial charge < -0.3 is 20.3 Å². The van der Waals surface area contributed by atoms with E-state index in [0.717, 1.165) is 31.3 Å². The van der Waals surface area contributed by atoms with E-state index < -0.39 is 5.97 Å². The number of hydrogen-bond acceptors (Lipinski definition) is 4. The van der Waals surface area contributed by atoms with Gasteiger partial charge in [0.25, 0.3) is 0 Å². The minimum absolute atomic E-state index is 0.307. The van der Waals surface area contributed by atoms with Gasteiger partial charge in [-0.15, -0.1) is 0 Å². The summed E-state index contributed by atoms with van der Waals surface area (Å²) in [6.07, 6.45) is 2.37. The Balaban J connectivity index is 1.75. The van der Waals surface area contributed by atoms with E-state index in [1.54, 1.807) is 25.1 Å². The molecule has 2 rings (SSSR count). The lowest BCUT2D eigenvalue weighted by Gasteiger charge is -2.35. The number of likely N-dealkylation sites (tertiary alicyclic amines) is 1. The number of nitrogens with one attached hydrogen (secondary N) is 2. The van der Waals surface area contributed by atoms with Crippen LogP contribution in [0.1, 0.15) is 44.0 Å². The zero-order chi connectivity index (χ0) is 19.8. The highest BCUT2D eigenvalue weighted by Crippen LogP contribution is 2.22. The Kier molecular flexibility index (Phi) is 8.80. The first kappa shape index (κ1) is 21.9. The summed E-state index contributed by atoms with van der Waals surface area (Å²) < 4.78 is 5.02. The summed E-state index contributed by atoms with van der Waals surface area (Å²) in [7, 11) is 0. The highest BCUT2D eigenvalue weighted by atomic mass is 35.5. The molecule has 5 nitrogen and oxygen atoms in total. The molecule has 0 aromatic heterocycles. The van der Waals surface area contributed by atoms with Crippen molar-refractivity contribution < 1.29 is 9.53 Å². The van der Waals surface area contributed by atoms with Gasteiger partial charge in [0.2, 0.25) is 0 Å². The van der Waals surface area contributed by atoms with Crippen molar-refractivity contribution in [2.45, 2.75) is 33.6 Å². The molecule has 1 heterocycles. The second kappa shape index (κ2) is 10.8. The van der Waals surface area contributed by atoms with Crippen LogP contribution in [-0.4, -0.2) is 48.8 Å². The average molecular weight is 412 g/mol. The number of ether oxygens (including phenoxy) is 1. The number of piperidine rings is 1. The van der Waals surface area contributed by atoms with Crippen LogP contribution in [0, 0.1) is 11.8 Å². The van der Waals surface area contributed by atoms with Crippen molar-refractivity contribution in [3.05, 3.63) is 28.8 Å². The predicted molar refractivity (Wildman–Crippen MR) is 116 cm³/mol. The largest absolute Gasteiger partial charge is 0.462 e. The lowest BCUT2D eigenvalue weighted by atomic mass is 9.92. The maximum absolute atomic E-state index is 11.9. The van der Waals surface area contributed by atoms with E-state index in [2.05, 4.69) is 29.4 Å². The molecule has 1 aromatic rings. The number of hydrogen-bond donors (Lipinski definition) is 2. The molecule has 1 saturated heterocycles. The van der Waals surface area contributed by atoms with Crippen molar-refractivity contribution in [3.63, 3.8) is 0 Å². The normalized spacial score (nSPS) is 20.1. The van der Waals surface area contributed by atoms with Crippen molar-refractivity contribution in [2.75, 3.05) is 38.1 Å². The minimum Gasteiger partial charge on any atom is -0.462 e. The number of anilines is 1. The van der Waals surface area contributed by atoms with E-state index in [0.29, 0.717) is 28.0 Å². The maximum Gasteiger partial charge on any atom is 0.339 e. The molecule has 2 N–H and O–H groups in total. The zero-order valence-corrected chi connectivity index (χ0v) is 18.0. The first-order valence-corrected chi connectivity index (χ1v) is 10.4. The number of esters is 1. The Morgan fingerprint density at radius 1 is 1.33 bits per heavy atom. The molecular weight excluding hydrogens is 382 g/mol. The molecule has 0 unspecified atom stereocenters. The van der Waals surface area contributed by atoms with Crippen LogP contribution < -0.4 is 10.6 Å². The highest BCUT2D eigenvalue weighted by molar-refractivity contribution is 7.80. The lowest BCUT2D eigenvalue weighted by molar-refractivity contribution is 0.0526. The number of benzene rings is 1. The van der Waals surface area contributed by atoms with Gasteiger partial charge in [-0.25, -0.2) is 4.79 Å². The third kappa shape index (κ3) is 7.28. The quantitative estimate of drug-likeness (QED) is 0.399. The number of carbonyl (C=O) groups is 1. The van der Waals surface area contributed by atoms with Gasteiger partial charge in [-0.3, -0.25) is 0 Å². The number of carbonyl (C=O) groups excluding carboxylic acids is 1. The van der Waals surface area contributed by atoms with E-state index >= 15 is 0 Å². The standard InChI is InChI=1S/C20H30ClN3O2S/c1-4-26-19(25)17-11-16(6-7-18(17)21)23-20(27)22-8-5-9-24-12-14(2)10-15(3)13-24/h6-7,11,14-15H,4-5,8-10,12-13H2,1-3H3,(H2,22,23,27)/t14-,15-/m1/s1. The van der Waals surface area contributed by atoms with Gasteiger partial charge in [0.05, 0.1) is 17.2 Å². The minimum atomic E-state index is -0.435. The maximum atomic E-state index is 11.9. The predicted octanol–water partition coefficient (Wildman–Crippen LogP) is 4.17. The van der Waals surface area contributed by atoms with Crippen molar-refractivity contribution in [3.8, 4) is 0 Å². The Bertz CT molecular complexity index is 646. The molecule has 1 aliphatic heterocycles. The fourth-order valence-electron chi connectivity index (χ4n) is 3.62. The Labute approximate surface area is 172 Å². The van der Waals surface area contributed by atoms with E-state index in [1.807, 2.05) is 0 Å². The average Bonchev–Trinajstić information content (AvgIpc) is 2.60. The van der Waals surface area contributed by atoms with Gasteiger partial charge in [-0.2, -0.15) is 0 Å². The second-order valence-electron chi connectivity index (χ2n) is 7.36. The molecule has 27 heavy (non-hydrogen) atoms. The molecule has 1 aliphatic rings. The van der Waals surface area contributed by atoms with Crippen LogP contribution in [-0.2, 0) is 4.74 Å². The Morgan fingerprint density at radius 2 is 2.04 bits per heavy atom. The number of halogens is 1. The van der Waals surface area contributed by atoms with Gasteiger partial charge in [-0.05, 0) is 68.6 Å². The summed E-state index contributed by atoms with van der Waals surface area (Å²) in [5.74, 6) is 1.13. The number of nitrogens with zero attached hydrogens (tertiary/aromatic N) is 1. The Morgan fingerprint density at radius 3 is 2.70 bits per heavy atom. The number of thiocarbonyl (C=S) groups is 1. The SMILES string of the molecule is CCOC(=O)c1cc(NC(=S)NCCCN2C[C@H](C)C[C@@H](C)C2)ccc1Cl. The number of rotatable bonds is 7. The van der Waals surface area contributed by atoms with Crippen molar-refractivity contribution in [1.29, 1.82) is 0 Å². The van der Waals surface area contributed by atoms with E-state index in [4.69, 9.17) is 28.6 Å². The molecule has 0 bridgehead atoms. The van der Waals surface area contributed by atoms with E-state index in [-0.39, 0.29) is 0 Å². The summed E-state index contributed by atoms with van der Waals surface area (Å²) in [5.41, 5.74) is 1.04. The third-order valence-electron chi connectivity index (χ3n) is 4.60. The van der Waals surface area contributed by atoms with Crippen LogP contribution in [0.5, 0.6) is 0 Å². The van der Waals surface area contributed by atoms with Crippen molar-refractivity contribution in [1.82, 2.24) is 10.2 Å². The molecule has 150 valence electrons. The van der Waals surface area contributed by atoms with Crippen LogP contribution >= 0.6 is 23.8 Å². The third-order valence-corrected chi connectivity index (χ3v) is 5.18. The molecule has 0 amide bonds. The molecule has 0 radical (unpaired) electrons. The smallest absolute Gasteiger partial charge is 0.339 e. The van der Waals surface area contributed by atoms with Gasteiger partial charge in [0.15, 0.2) is 5.11 Å². The Hall–Kier alpha value is -1.37. The topological polar surface area (TPSA) is 53.6 Å². The van der Waals surface area contributed by atoms with Crippen LogP contribution in [0.4, 0.5) is 5.69 Å². The van der Waals surface area contributed by atoms with Crippen molar-refractivity contribution in [2.24, 2.45) is 11.8 Å². The first-order chi connectivity index (χ1) is 12.9. The molecule has 1 fully saturated rings. The molecule has 1 aromatic carbocycles. The van der Waals surface area contributed by atoms with Crippen molar-refractivity contribution >= 4 is 40.6 Å². The molecular formula is C20H30ClN3O2S. The fourth-order valence-corrected chi connectivity index (χ4v) is 4.04. The summed E-state index contributed by atoms with van der Waals surface area (Å²) in [4.78, 5) is 14.5. The van der Waals surface area contributed by atoms with Gasteiger partial charge in [-0.1, -0.05) is 25.4 Å². The summed E-state index contributed by atoms with van der Waals surface area (Å²) in [6, 6.07) is 5.11. The van der Waals surface area contributed by atoms with E-state index in [9.17, 15) is 4.79 Å². The monoisotopic (exact) mass is 411 g/mol. The second-order valence-corrected chi connectivity index (χ2v) is 8.17. The van der Waals surface area contributed by atoms with Crippen LogP contribution in [0.3, 0.4) is 0 Å². The molecule has 2 atom stereocenters. The molecule has 7 heteroatoms. The highest BCUT2D eigenvalue weighted by Gasteiger charge is 2.21. The lowest BCUT2D eigenvalue weighted by Crippen LogP contribution is -2.40. The van der Waals surface area contributed by atoms with Crippen LogP contribution in [0.25, 0.3) is 0 Å². The molecule has 0 spiro atoms.